The molecular weight excluding hydrogens is 370 g/mol. The molecule has 0 spiro atoms. The second kappa shape index (κ2) is 7.68. The van der Waals surface area contributed by atoms with Crippen LogP contribution in [0.25, 0.3) is 10.9 Å². The molecule has 2 aromatic carbocycles. The quantitative estimate of drug-likeness (QED) is 0.422. The Morgan fingerprint density at radius 3 is 2.59 bits per heavy atom. The number of carboxylic acids is 1. The molecule has 0 radical (unpaired) electrons. The zero-order chi connectivity index (χ0) is 19.6. The molecule has 0 bridgehead atoms. The van der Waals surface area contributed by atoms with Gasteiger partial charge in [-0.15, -0.1) is 0 Å². The highest BCUT2D eigenvalue weighted by Crippen LogP contribution is 2.32. The van der Waals surface area contributed by atoms with Crippen molar-refractivity contribution in [3.05, 3.63) is 64.2 Å². The number of carbonyl (C=O) groups is 1. The van der Waals surface area contributed by atoms with Crippen LogP contribution in [0.4, 0.5) is 5.69 Å². The lowest BCUT2D eigenvalue weighted by molar-refractivity contribution is -0.387. The van der Waals surface area contributed by atoms with Crippen molar-refractivity contribution in [2.45, 2.75) is 22.4 Å². The maximum Gasteiger partial charge on any atom is 0.321 e. The highest BCUT2D eigenvalue weighted by atomic mass is 32.2. The summed E-state index contributed by atoms with van der Waals surface area (Å²) in [5, 5.41) is 24.4. The first-order valence-electron chi connectivity index (χ1n) is 8.09. The average Bonchev–Trinajstić information content (AvgIpc) is 3.03. The van der Waals surface area contributed by atoms with Crippen LogP contribution in [-0.2, 0) is 22.0 Å². The maximum atomic E-state index is 13.2. The fourth-order valence-corrected chi connectivity index (χ4v) is 4.30. The van der Waals surface area contributed by atoms with Crippen molar-refractivity contribution in [3.8, 4) is 0 Å². The predicted octanol–water partition coefficient (Wildman–Crippen LogP) is 2.46. The first-order valence-corrected chi connectivity index (χ1v) is 9.24. The van der Waals surface area contributed by atoms with Gasteiger partial charge >= 0.3 is 5.97 Å². The third kappa shape index (κ3) is 3.60. The molecule has 1 aromatic heterocycles. The first kappa shape index (κ1) is 18.7. The van der Waals surface area contributed by atoms with Gasteiger partial charge in [0.2, 0.25) is 0 Å². The van der Waals surface area contributed by atoms with Gasteiger partial charge < -0.3 is 15.4 Å². The van der Waals surface area contributed by atoms with E-state index in [1.807, 2.05) is 0 Å². The van der Waals surface area contributed by atoms with Crippen molar-refractivity contribution < 1.29 is 19.0 Å². The summed E-state index contributed by atoms with van der Waals surface area (Å²) in [6, 6.07) is 12.1. The van der Waals surface area contributed by atoms with Gasteiger partial charge in [0.05, 0.1) is 4.92 Å². The van der Waals surface area contributed by atoms with Crippen LogP contribution < -0.4 is 5.32 Å². The minimum absolute atomic E-state index is 0.0617. The van der Waals surface area contributed by atoms with Gasteiger partial charge in [-0.25, -0.2) is 4.21 Å². The van der Waals surface area contributed by atoms with E-state index < -0.39 is 27.7 Å². The number of nitrogens with one attached hydrogen (secondary N) is 2. The van der Waals surface area contributed by atoms with E-state index in [9.17, 15) is 24.2 Å². The summed E-state index contributed by atoms with van der Waals surface area (Å²) in [7, 11) is -0.339. The van der Waals surface area contributed by atoms with E-state index in [1.54, 1.807) is 30.3 Å². The third-order valence-corrected chi connectivity index (χ3v) is 5.74. The maximum absolute atomic E-state index is 13.2. The van der Waals surface area contributed by atoms with E-state index in [4.69, 9.17) is 0 Å². The molecule has 0 aliphatic heterocycles. The molecule has 2 unspecified atom stereocenters. The lowest BCUT2D eigenvalue weighted by Crippen LogP contribution is -2.36. The van der Waals surface area contributed by atoms with E-state index in [-0.39, 0.29) is 22.0 Å². The summed E-state index contributed by atoms with van der Waals surface area (Å²) < 4.78 is 13.2. The van der Waals surface area contributed by atoms with Crippen LogP contribution in [0.1, 0.15) is 5.56 Å². The Bertz CT molecular complexity index is 1050. The number of aromatic nitrogens is 1. The van der Waals surface area contributed by atoms with E-state index in [2.05, 4.69) is 10.3 Å². The predicted molar refractivity (Wildman–Crippen MR) is 100 cm³/mol. The van der Waals surface area contributed by atoms with Gasteiger partial charge in [0, 0.05) is 23.4 Å². The van der Waals surface area contributed by atoms with Gasteiger partial charge in [-0.05, 0) is 24.7 Å². The second-order valence-electron chi connectivity index (χ2n) is 5.86. The fraction of sp³-hybridized carbons (Fsp3) is 0.167. The van der Waals surface area contributed by atoms with Gasteiger partial charge in [0.15, 0.2) is 0 Å². The standard InChI is InChI=1S/C18H17N3O5S/c1-19-14(18(22)23)10-12-11-6-2-3-7-13(11)20-17(12)27(26)16-9-5-4-8-15(16)21(24)25/h2-9,14,19-20H,10H2,1H3,(H,22,23). The van der Waals surface area contributed by atoms with Gasteiger partial charge in [-0.3, -0.25) is 14.9 Å². The van der Waals surface area contributed by atoms with Crippen molar-refractivity contribution in [2.75, 3.05) is 7.05 Å². The second-order valence-corrected chi connectivity index (χ2v) is 7.24. The van der Waals surface area contributed by atoms with Crippen LogP contribution in [0.3, 0.4) is 0 Å². The molecule has 140 valence electrons. The molecule has 3 rings (SSSR count). The van der Waals surface area contributed by atoms with E-state index in [1.165, 1.54) is 25.2 Å². The molecule has 9 heteroatoms. The fourth-order valence-electron chi connectivity index (χ4n) is 2.93. The van der Waals surface area contributed by atoms with Crippen molar-refractivity contribution >= 4 is 33.4 Å². The number of H-pyrrole nitrogens is 1. The first-order chi connectivity index (χ1) is 12.9. The Morgan fingerprint density at radius 1 is 1.26 bits per heavy atom. The van der Waals surface area contributed by atoms with Crippen LogP contribution in [0.5, 0.6) is 0 Å². The van der Waals surface area contributed by atoms with Crippen molar-refractivity contribution in [3.63, 3.8) is 0 Å². The Labute approximate surface area is 156 Å². The number of rotatable bonds is 7. The minimum Gasteiger partial charge on any atom is -0.480 e. The van der Waals surface area contributed by atoms with E-state index in [0.717, 1.165) is 5.39 Å². The van der Waals surface area contributed by atoms with Gasteiger partial charge in [-0.1, -0.05) is 30.3 Å². The number of aliphatic carboxylic acids is 1. The normalized spacial score (nSPS) is 13.4. The number of hydrogen-bond acceptors (Lipinski definition) is 5. The molecule has 2 atom stereocenters. The van der Waals surface area contributed by atoms with Crippen LogP contribution >= 0.6 is 0 Å². The van der Waals surface area contributed by atoms with Gasteiger partial charge in [-0.2, -0.15) is 0 Å². The molecule has 0 saturated carbocycles. The highest BCUT2D eigenvalue weighted by Gasteiger charge is 2.27. The van der Waals surface area contributed by atoms with Crippen molar-refractivity contribution in [2.24, 2.45) is 0 Å². The number of para-hydroxylation sites is 2. The molecule has 3 N–H and O–H groups in total. The van der Waals surface area contributed by atoms with Gasteiger partial charge in [0.1, 0.15) is 26.8 Å². The van der Waals surface area contributed by atoms with Gasteiger partial charge in [0.25, 0.3) is 5.69 Å². The Kier molecular flexibility index (Phi) is 5.33. The minimum atomic E-state index is -1.87. The monoisotopic (exact) mass is 387 g/mol. The number of nitro benzene ring substituents is 1. The Balaban J connectivity index is 2.17. The molecule has 0 fully saturated rings. The number of nitrogens with zero attached hydrogens (tertiary/aromatic N) is 1. The topological polar surface area (TPSA) is 125 Å². The molecule has 27 heavy (non-hydrogen) atoms. The average molecular weight is 387 g/mol. The number of aromatic amines is 1. The number of hydrogen-bond donors (Lipinski definition) is 3. The zero-order valence-corrected chi connectivity index (χ0v) is 15.2. The largest absolute Gasteiger partial charge is 0.480 e. The molecule has 0 amide bonds. The molecule has 0 aliphatic carbocycles. The number of benzene rings is 2. The van der Waals surface area contributed by atoms with Crippen molar-refractivity contribution in [1.29, 1.82) is 0 Å². The molecule has 8 nitrogen and oxygen atoms in total. The molecule has 0 saturated heterocycles. The third-order valence-electron chi connectivity index (χ3n) is 4.28. The summed E-state index contributed by atoms with van der Waals surface area (Å²) in [6.45, 7) is 0. The lowest BCUT2D eigenvalue weighted by Gasteiger charge is -2.12. The number of fused-ring (bicyclic) bond motifs is 1. The summed E-state index contributed by atoms with van der Waals surface area (Å²) in [4.78, 5) is 25.3. The van der Waals surface area contributed by atoms with Crippen LogP contribution in [0.2, 0.25) is 0 Å². The lowest BCUT2D eigenvalue weighted by atomic mass is 10.1. The smallest absolute Gasteiger partial charge is 0.321 e. The van der Waals surface area contributed by atoms with E-state index >= 15 is 0 Å². The zero-order valence-electron chi connectivity index (χ0n) is 14.3. The van der Waals surface area contributed by atoms with Crippen molar-refractivity contribution in [1.82, 2.24) is 10.3 Å². The summed E-state index contributed by atoms with van der Waals surface area (Å²) >= 11 is 0. The SMILES string of the molecule is CNC(Cc1c(S(=O)c2ccccc2[N+](=O)[O-])[nH]c2ccccc12)C(=O)O. The summed E-state index contributed by atoms with van der Waals surface area (Å²) in [6.07, 6.45) is 0.0809. The molecular formula is C18H17N3O5S. The Hall–Kier alpha value is -3.04. The van der Waals surface area contributed by atoms with E-state index in [0.29, 0.717) is 11.1 Å². The number of likely N-dealkylation sites (N-methyl/N-ethyl adjacent to an activating group) is 1. The van der Waals surface area contributed by atoms with Crippen LogP contribution in [0.15, 0.2) is 58.5 Å². The molecule has 0 aliphatic rings. The van der Waals surface area contributed by atoms with Crippen LogP contribution in [-0.4, -0.2) is 38.3 Å². The highest BCUT2D eigenvalue weighted by molar-refractivity contribution is 7.85. The Morgan fingerprint density at radius 2 is 1.93 bits per heavy atom. The number of nitro groups is 1. The summed E-state index contributed by atoms with van der Waals surface area (Å²) in [5.41, 5.74) is 1.00. The molecule has 3 aromatic rings. The van der Waals surface area contributed by atoms with Crippen LogP contribution in [0, 0.1) is 10.1 Å². The number of carboxylic acid groups (broad SMARTS) is 1. The molecule has 1 heterocycles. The summed E-state index contributed by atoms with van der Waals surface area (Å²) in [5.74, 6) is -1.04.